The third-order valence-corrected chi connectivity index (χ3v) is 5.41. The molecular weight excluding hydrogens is 322 g/mol. The average molecular weight is 366 g/mol. The van der Waals surface area contributed by atoms with Crippen molar-refractivity contribution in [2.24, 2.45) is 0 Å². The first kappa shape index (κ1) is 23.2. The fraction of sp³-hybridized carbons (Fsp3) is 0.870. The molecular formula is C23H43NO2. The van der Waals surface area contributed by atoms with Gasteiger partial charge in [-0.3, -0.25) is 4.79 Å². The average Bonchev–Trinajstić information content (AvgIpc) is 2.68. The molecule has 3 heteroatoms. The zero-order chi connectivity index (χ0) is 18.7. The first-order valence-corrected chi connectivity index (χ1v) is 11.3. The molecule has 0 radical (unpaired) electrons. The van der Waals surface area contributed by atoms with Crippen LogP contribution in [0.15, 0.2) is 12.7 Å². The van der Waals surface area contributed by atoms with Gasteiger partial charge in [-0.2, -0.15) is 0 Å². The summed E-state index contributed by atoms with van der Waals surface area (Å²) in [5.74, 6) is 0.328. The number of hydrogen-bond donors (Lipinski definition) is 0. The van der Waals surface area contributed by atoms with E-state index in [1.54, 1.807) is 0 Å². The van der Waals surface area contributed by atoms with E-state index in [-0.39, 0.29) is 0 Å². The number of morpholine rings is 1. The van der Waals surface area contributed by atoms with Gasteiger partial charge in [-0.15, -0.1) is 6.58 Å². The number of carbonyl (C=O) groups is 1. The van der Waals surface area contributed by atoms with Crippen molar-refractivity contribution in [1.29, 1.82) is 0 Å². The Labute approximate surface area is 162 Å². The molecule has 26 heavy (non-hydrogen) atoms. The predicted molar refractivity (Wildman–Crippen MR) is 111 cm³/mol. The molecule has 1 saturated heterocycles. The zero-order valence-corrected chi connectivity index (χ0v) is 17.2. The van der Waals surface area contributed by atoms with Crippen LogP contribution < -0.4 is 0 Å². The van der Waals surface area contributed by atoms with E-state index in [1.807, 2.05) is 11.0 Å². The number of nitrogens with zero attached hydrogens (tertiary/aromatic N) is 1. The number of amides is 1. The Hall–Kier alpha value is -0.830. The minimum atomic E-state index is 0.328. The van der Waals surface area contributed by atoms with E-state index in [0.717, 1.165) is 25.9 Å². The van der Waals surface area contributed by atoms with Gasteiger partial charge in [0.05, 0.1) is 13.2 Å². The van der Waals surface area contributed by atoms with E-state index >= 15 is 0 Å². The van der Waals surface area contributed by atoms with Gasteiger partial charge in [0.25, 0.3) is 0 Å². The maximum Gasteiger partial charge on any atom is 0.222 e. The summed E-state index contributed by atoms with van der Waals surface area (Å²) < 4.78 is 5.29. The molecule has 0 N–H and O–H groups in total. The van der Waals surface area contributed by atoms with Crippen molar-refractivity contribution in [1.82, 2.24) is 4.90 Å². The summed E-state index contributed by atoms with van der Waals surface area (Å²) >= 11 is 0. The van der Waals surface area contributed by atoms with Gasteiger partial charge in [0.2, 0.25) is 5.91 Å². The monoisotopic (exact) mass is 365 g/mol. The molecule has 1 amide bonds. The van der Waals surface area contributed by atoms with E-state index in [0.29, 0.717) is 19.1 Å². The fourth-order valence-corrected chi connectivity index (χ4v) is 3.66. The Kier molecular flexibility index (Phi) is 15.7. The van der Waals surface area contributed by atoms with E-state index in [4.69, 9.17) is 4.74 Å². The third-order valence-electron chi connectivity index (χ3n) is 5.41. The van der Waals surface area contributed by atoms with Gasteiger partial charge in [-0.1, -0.05) is 83.1 Å². The molecule has 0 saturated carbocycles. The number of carbonyl (C=O) groups excluding carboxylic acids is 1. The maximum absolute atomic E-state index is 12.0. The van der Waals surface area contributed by atoms with Gasteiger partial charge in [0.15, 0.2) is 0 Å². The molecule has 0 aromatic heterocycles. The van der Waals surface area contributed by atoms with Crippen LogP contribution >= 0.6 is 0 Å². The first-order valence-electron chi connectivity index (χ1n) is 11.3. The molecule has 0 aromatic carbocycles. The smallest absolute Gasteiger partial charge is 0.222 e. The van der Waals surface area contributed by atoms with Crippen LogP contribution in [0.25, 0.3) is 0 Å². The zero-order valence-electron chi connectivity index (χ0n) is 17.2. The lowest BCUT2D eigenvalue weighted by Crippen LogP contribution is -2.40. The van der Waals surface area contributed by atoms with Crippen molar-refractivity contribution in [3.63, 3.8) is 0 Å². The van der Waals surface area contributed by atoms with Gasteiger partial charge in [-0.25, -0.2) is 0 Å². The van der Waals surface area contributed by atoms with Crippen LogP contribution in [0.2, 0.25) is 0 Å². The summed E-state index contributed by atoms with van der Waals surface area (Å²) in [6.45, 7) is 6.76. The molecule has 0 atom stereocenters. The molecule has 0 unspecified atom stereocenters. The summed E-state index contributed by atoms with van der Waals surface area (Å²) in [5, 5.41) is 0. The Morgan fingerprint density at radius 3 is 1.62 bits per heavy atom. The van der Waals surface area contributed by atoms with Gasteiger partial charge >= 0.3 is 0 Å². The highest BCUT2D eigenvalue weighted by Gasteiger charge is 2.15. The number of unbranched alkanes of at least 4 members (excludes halogenated alkanes) is 14. The normalized spacial score (nSPS) is 14.5. The highest BCUT2D eigenvalue weighted by Crippen LogP contribution is 2.14. The van der Waals surface area contributed by atoms with Crippen LogP contribution in [-0.2, 0) is 9.53 Å². The van der Waals surface area contributed by atoms with Gasteiger partial charge in [0, 0.05) is 19.5 Å². The summed E-state index contributed by atoms with van der Waals surface area (Å²) in [6.07, 6.45) is 22.8. The Bertz CT molecular complexity index is 337. The molecule has 1 heterocycles. The summed E-state index contributed by atoms with van der Waals surface area (Å²) in [5.41, 5.74) is 0. The lowest BCUT2D eigenvalue weighted by atomic mass is 10.0. The van der Waals surface area contributed by atoms with E-state index in [9.17, 15) is 4.79 Å². The minimum absolute atomic E-state index is 0.328. The molecule has 0 spiro atoms. The van der Waals surface area contributed by atoms with Gasteiger partial charge in [0.1, 0.15) is 0 Å². The number of ether oxygens (including phenoxy) is 1. The van der Waals surface area contributed by atoms with Gasteiger partial charge in [-0.05, 0) is 19.3 Å². The molecule has 3 nitrogen and oxygen atoms in total. The molecule has 0 aliphatic carbocycles. The Morgan fingerprint density at radius 2 is 1.15 bits per heavy atom. The second-order valence-electron chi connectivity index (χ2n) is 7.77. The Morgan fingerprint density at radius 1 is 0.731 bits per heavy atom. The molecule has 1 rings (SSSR count). The minimum Gasteiger partial charge on any atom is -0.378 e. The summed E-state index contributed by atoms with van der Waals surface area (Å²) in [6, 6.07) is 0. The topological polar surface area (TPSA) is 29.5 Å². The first-order chi connectivity index (χ1) is 12.8. The van der Waals surface area contributed by atoms with Crippen molar-refractivity contribution >= 4 is 5.91 Å². The number of allylic oxidation sites excluding steroid dienone is 1. The van der Waals surface area contributed by atoms with Crippen molar-refractivity contribution in [3.05, 3.63) is 12.7 Å². The summed E-state index contributed by atoms with van der Waals surface area (Å²) in [7, 11) is 0. The van der Waals surface area contributed by atoms with Crippen LogP contribution in [0, 0.1) is 0 Å². The standard InChI is InChI=1S/C23H43NO2/c1-2-3-4-5-6-7-8-9-10-11-12-13-14-15-16-17-18-23(25)24-19-21-26-22-20-24/h2H,1,3-22H2. The second-order valence-corrected chi connectivity index (χ2v) is 7.77. The van der Waals surface area contributed by atoms with Crippen LogP contribution in [0.5, 0.6) is 0 Å². The molecule has 0 aromatic rings. The number of rotatable bonds is 17. The Balaban J connectivity index is 1.73. The fourth-order valence-electron chi connectivity index (χ4n) is 3.66. The van der Waals surface area contributed by atoms with E-state index in [1.165, 1.54) is 89.9 Å². The van der Waals surface area contributed by atoms with Crippen molar-refractivity contribution < 1.29 is 9.53 Å². The molecule has 152 valence electrons. The lowest BCUT2D eigenvalue weighted by molar-refractivity contribution is -0.135. The highest BCUT2D eigenvalue weighted by atomic mass is 16.5. The quantitative estimate of drug-likeness (QED) is 0.224. The number of hydrogen-bond acceptors (Lipinski definition) is 2. The summed E-state index contributed by atoms with van der Waals surface area (Å²) in [4.78, 5) is 14.0. The van der Waals surface area contributed by atoms with Crippen molar-refractivity contribution in [3.8, 4) is 0 Å². The van der Waals surface area contributed by atoms with Crippen LogP contribution in [0.4, 0.5) is 0 Å². The molecule has 1 aliphatic heterocycles. The van der Waals surface area contributed by atoms with E-state index < -0.39 is 0 Å². The third kappa shape index (κ3) is 13.4. The van der Waals surface area contributed by atoms with Crippen molar-refractivity contribution in [2.75, 3.05) is 26.3 Å². The predicted octanol–water partition coefficient (Wildman–Crippen LogP) is 6.27. The van der Waals surface area contributed by atoms with Crippen molar-refractivity contribution in [2.45, 2.75) is 103 Å². The van der Waals surface area contributed by atoms with Crippen LogP contribution in [0.1, 0.15) is 103 Å². The molecule has 0 bridgehead atoms. The molecule has 1 aliphatic rings. The SMILES string of the molecule is C=CCCCCCCCCCCCCCCCCC(=O)N1CCOCC1. The largest absolute Gasteiger partial charge is 0.378 e. The highest BCUT2D eigenvalue weighted by molar-refractivity contribution is 5.76. The van der Waals surface area contributed by atoms with Crippen LogP contribution in [-0.4, -0.2) is 37.1 Å². The second kappa shape index (κ2) is 17.6. The van der Waals surface area contributed by atoms with Crippen LogP contribution in [0.3, 0.4) is 0 Å². The van der Waals surface area contributed by atoms with E-state index in [2.05, 4.69) is 6.58 Å². The van der Waals surface area contributed by atoms with Gasteiger partial charge < -0.3 is 9.64 Å². The maximum atomic E-state index is 12.0. The molecule has 1 fully saturated rings. The lowest BCUT2D eigenvalue weighted by Gasteiger charge is -2.26.